The maximum Gasteiger partial charge on any atom is 0.338 e. The molecule has 1 aliphatic heterocycles. The molecule has 0 fully saturated rings. The van der Waals surface area contributed by atoms with Gasteiger partial charge < -0.3 is 30.3 Å². The van der Waals surface area contributed by atoms with Crippen molar-refractivity contribution in [3.63, 3.8) is 0 Å². The number of ether oxygens (including phenoxy) is 2. The Balaban J connectivity index is 1.76. The van der Waals surface area contributed by atoms with Gasteiger partial charge in [0.05, 0.1) is 30.4 Å². The van der Waals surface area contributed by atoms with Crippen LogP contribution in [-0.4, -0.2) is 48.2 Å². The van der Waals surface area contributed by atoms with E-state index in [1.54, 1.807) is 68.3 Å². The van der Waals surface area contributed by atoms with Crippen molar-refractivity contribution in [2.75, 3.05) is 30.9 Å². The molecule has 10 heteroatoms. The Morgan fingerprint density at radius 2 is 1.60 bits per heavy atom. The van der Waals surface area contributed by atoms with E-state index in [-0.39, 0.29) is 13.2 Å². The number of hydrogen-bond acceptors (Lipinski definition) is 6. The van der Waals surface area contributed by atoms with Gasteiger partial charge in [0.25, 0.3) is 0 Å². The number of thiocarbonyl (C=S) groups is 1. The fourth-order valence-corrected chi connectivity index (χ4v) is 3.81. The number of carbonyl (C=O) groups is 3. The molecule has 0 spiro atoms. The minimum atomic E-state index is -0.530. The molecule has 0 radical (unpaired) electrons. The Labute approximate surface area is 209 Å². The maximum atomic E-state index is 12.7. The van der Waals surface area contributed by atoms with Crippen LogP contribution in [0.2, 0.25) is 0 Å². The molecule has 2 aromatic rings. The summed E-state index contributed by atoms with van der Waals surface area (Å²) >= 11 is 5.42. The van der Waals surface area contributed by atoms with E-state index in [1.807, 2.05) is 13.0 Å². The number of amides is 2. The highest BCUT2D eigenvalue weighted by Gasteiger charge is 2.33. The van der Waals surface area contributed by atoms with Crippen LogP contribution in [0.4, 0.5) is 16.2 Å². The Morgan fingerprint density at radius 3 is 2.26 bits per heavy atom. The van der Waals surface area contributed by atoms with Crippen LogP contribution in [0.25, 0.3) is 0 Å². The van der Waals surface area contributed by atoms with Crippen molar-refractivity contribution in [1.29, 1.82) is 0 Å². The zero-order valence-corrected chi connectivity index (χ0v) is 20.8. The van der Waals surface area contributed by atoms with E-state index < -0.39 is 24.0 Å². The number of allylic oxidation sites excluding steroid dienone is 1. The quantitative estimate of drug-likeness (QED) is 0.387. The van der Waals surface area contributed by atoms with Gasteiger partial charge in [0.1, 0.15) is 0 Å². The van der Waals surface area contributed by atoms with Gasteiger partial charge >= 0.3 is 18.0 Å². The number of hydrogen-bond donors (Lipinski definition) is 3. The van der Waals surface area contributed by atoms with Gasteiger partial charge in [0.15, 0.2) is 5.11 Å². The Kier molecular flexibility index (Phi) is 8.43. The van der Waals surface area contributed by atoms with Gasteiger partial charge in [-0.25, -0.2) is 14.4 Å². The number of benzene rings is 2. The van der Waals surface area contributed by atoms with Gasteiger partial charge in [-0.05, 0) is 75.0 Å². The predicted octanol–water partition coefficient (Wildman–Crippen LogP) is 4.21. The van der Waals surface area contributed by atoms with Crippen LogP contribution in [0, 0.1) is 0 Å². The normalized spacial score (nSPS) is 15.3. The van der Waals surface area contributed by atoms with Crippen LogP contribution in [0.3, 0.4) is 0 Å². The van der Waals surface area contributed by atoms with E-state index in [4.69, 9.17) is 21.7 Å². The molecule has 0 bridgehead atoms. The summed E-state index contributed by atoms with van der Waals surface area (Å²) in [6, 6.07) is 12.5. The first kappa shape index (κ1) is 25.7. The second kappa shape index (κ2) is 11.5. The second-order valence-electron chi connectivity index (χ2n) is 7.66. The van der Waals surface area contributed by atoms with E-state index in [0.717, 1.165) is 5.56 Å². The van der Waals surface area contributed by atoms with Crippen LogP contribution in [0.5, 0.6) is 0 Å². The largest absolute Gasteiger partial charge is 0.463 e. The lowest BCUT2D eigenvalue weighted by molar-refractivity contribution is -0.139. The molecule has 184 valence electrons. The van der Waals surface area contributed by atoms with E-state index in [0.29, 0.717) is 33.3 Å². The van der Waals surface area contributed by atoms with Gasteiger partial charge in [-0.3, -0.25) is 0 Å². The first-order chi connectivity index (χ1) is 16.7. The topological polar surface area (TPSA) is 109 Å². The minimum absolute atomic E-state index is 0.249. The Morgan fingerprint density at radius 1 is 0.971 bits per heavy atom. The minimum Gasteiger partial charge on any atom is -0.463 e. The molecular formula is C25H28N4O5S. The molecule has 1 unspecified atom stereocenters. The molecular weight excluding hydrogens is 468 g/mol. The van der Waals surface area contributed by atoms with Crippen LogP contribution >= 0.6 is 12.2 Å². The van der Waals surface area contributed by atoms with Crippen molar-refractivity contribution < 1.29 is 23.9 Å². The highest BCUT2D eigenvalue weighted by atomic mass is 32.1. The number of rotatable bonds is 7. The zero-order valence-electron chi connectivity index (χ0n) is 20.0. The first-order valence-electron chi connectivity index (χ1n) is 11.1. The summed E-state index contributed by atoms with van der Waals surface area (Å²) in [5, 5.41) is 9.16. The van der Waals surface area contributed by atoms with Crippen molar-refractivity contribution in [3.05, 3.63) is 70.9 Å². The Bertz CT molecular complexity index is 1160. The molecule has 1 heterocycles. The molecule has 0 saturated carbocycles. The van der Waals surface area contributed by atoms with Crippen LogP contribution in [-0.2, 0) is 14.3 Å². The molecule has 2 aromatic carbocycles. The number of anilines is 2. The number of esters is 2. The standard InChI is InChI=1S/C25H28N4O5S/c1-5-33-22(30)16-10-12-18(13-11-16)26-24(32)27-19-9-7-8-17(14-19)21-20(23(31)34-6-2)15(3)29(4)25(35)28-21/h7-14,21H,5-6H2,1-4H3,(H,28,35)(H2,26,27,32). The second-order valence-corrected chi connectivity index (χ2v) is 8.05. The molecule has 9 nitrogen and oxygen atoms in total. The van der Waals surface area contributed by atoms with Gasteiger partial charge in [-0.1, -0.05) is 12.1 Å². The third-order valence-electron chi connectivity index (χ3n) is 5.38. The number of urea groups is 1. The lowest BCUT2D eigenvalue weighted by Gasteiger charge is -2.35. The zero-order chi connectivity index (χ0) is 25.5. The van der Waals surface area contributed by atoms with Crippen LogP contribution < -0.4 is 16.0 Å². The van der Waals surface area contributed by atoms with Crippen molar-refractivity contribution in [3.8, 4) is 0 Å². The smallest absolute Gasteiger partial charge is 0.338 e. The summed E-state index contributed by atoms with van der Waals surface area (Å²) in [7, 11) is 1.78. The lowest BCUT2D eigenvalue weighted by Crippen LogP contribution is -2.46. The van der Waals surface area contributed by atoms with Crippen LogP contribution in [0.15, 0.2) is 59.8 Å². The first-order valence-corrected chi connectivity index (χ1v) is 11.5. The average Bonchev–Trinajstić information content (AvgIpc) is 2.83. The van der Waals surface area contributed by atoms with E-state index in [9.17, 15) is 14.4 Å². The molecule has 3 rings (SSSR count). The van der Waals surface area contributed by atoms with Crippen LogP contribution in [0.1, 0.15) is 42.7 Å². The summed E-state index contributed by atoms with van der Waals surface area (Å²) in [5.74, 6) is -0.854. The van der Waals surface area contributed by atoms with Gasteiger partial charge in [0.2, 0.25) is 0 Å². The fraction of sp³-hybridized carbons (Fsp3) is 0.280. The third kappa shape index (κ3) is 6.15. The third-order valence-corrected chi connectivity index (χ3v) is 5.77. The fourth-order valence-electron chi connectivity index (χ4n) is 3.55. The predicted molar refractivity (Wildman–Crippen MR) is 137 cm³/mol. The lowest BCUT2D eigenvalue weighted by atomic mass is 9.95. The molecule has 35 heavy (non-hydrogen) atoms. The molecule has 0 aromatic heterocycles. The highest BCUT2D eigenvalue weighted by Crippen LogP contribution is 2.32. The van der Waals surface area contributed by atoms with Crippen molar-refractivity contribution in [2.24, 2.45) is 0 Å². The SMILES string of the molecule is CCOC(=O)C1=C(C)N(C)C(=S)NC1c1cccc(NC(=O)Nc2ccc(C(=O)OCC)cc2)c1. The van der Waals surface area contributed by atoms with Crippen molar-refractivity contribution >= 4 is 46.7 Å². The molecule has 0 aliphatic carbocycles. The Hall–Kier alpha value is -3.92. The molecule has 1 aliphatic rings. The number of nitrogens with one attached hydrogen (secondary N) is 3. The summed E-state index contributed by atoms with van der Waals surface area (Å²) in [5.41, 5.74) is 3.31. The van der Waals surface area contributed by atoms with Gasteiger partial charge in [-0.2, -0.15) is 0 Å². The van der Waals surface area contributed by atoms with Gasteiger partial charge in [0, 0.05) is 24.1 Å². The molecule has 2 amide bonds. The monoisotopic (exact) mass is 496 g/mol. The molecule has 1 atom stereocenters. The molecule has 0 saturated heterocycles. The number of carbonyl (C=O) groups excluding carboxylic acids is 3. The van der Waals surface area contributed by atoms with Crippen molar-refractivity contribution in [1.82, 2.24) is 10.2 Å². The number of nitrogens with zero attached hydrogens (tertiary/aromatic N) is 1. The van der Waals surface area contributed by atoms with E-state index >= 15 is 0 Å². The summed E-state index contributed by atoms with van der Waals surface area (Å²) in [6.45, 7) is 5.84. The van der Waals surface area contributed by atoms with E-state index in [1.165, 1.54) is 0 Å². The highest BCUT2D eigenvalue weighted by molar-refractivity contribution is 7.80. The van der Waals surface area contributed by atoms with E-state index in [2.05, 4.69) is 16.0 Å². The maximum absolute atomic E-state index is 12.7. The summed E-state index contributed by atoms with van der Waals surface area (Å²) < 4.78 is 10.2. The summed E-state index contributed by atoms with van der Waals surface area (Å²) in [6.07, 6.45) is 0. The van der Waals surface area contributed by atoms with Crippen molar-refractivity contribution in [2.45, 2.75) is 26.8 Å². The summed E-state index contributed by atoms with van der Waals surface area (Å²) in [4.78, 5) is 38.8. The average molecular weight is 497 g/mol. The van der Waals surface area contributed by atoms with Gasteiger partial charge in [-0.15, -0.1) is 0 Å². The molecule has 3 N–H and O–H groups in total.